The minimum absolute atomic E-state index is 0.160. The highest BCUT2D eigenvalue weighted by atomic mass is 35.5. The van der Waals surface area contributed by atoms with Gasteiger partial charge in [0, 0.05) is 25.3 Å². The Labute approximate surface area is 176 Å². The van der Waals surface area contributed by atoms with Gasteiger partial charge in [-0.05, 0) is 43.8 Å². The van der Waals surface area contributed by atoms with Crippen molar-refractivity contribution in [3.05, 3.63) is 52.2 Å². The summed E-state index contributed by atoms with van der Waals surface area (Å²) >= 11 is 12.0. The SMILES string of the molecule is CNC(=O)C(/C(C)=C\COC(/C=C\Nc1ccc(Cl)cc1Cl)NC)N(C)OC. The lowest BCUT2D eigenvalue weighted by molar-refractivity contribution is -0.154. The molecule has 0 saturated heterocycles. The van der Waals surface area contributed by atoms with Gasteiger partial charge in [0.25, 0.3) is 0 Å². The predicted molar refractivity (Wildman–Crippen MR) is 114 cm³/mol. The standard InChI is InChI=1S/C19H28Cl2N4O3/c1-13(18(19(26)23-3)25(4)27-5)9-11-28-17(22-2)8-10-24-16-7-6-14(20)12-15(16)21/h6-10,12,17-18,22,24H,11H2,1-5H3,(H,23,26)/b10-8-,13-9-. The zero-order valence-corrected chi connectivity index (χ0v) is 18.3. The van der Waals surface area contributed by atoms with Crippen LogP contribution in [-0.2, 0) is 14.4 Å². The highest BCUT2D eigenvalue weighted by molar-refractivity contribution is 6.36. The quantitative estimate of drug-likeness (QED) is 0.284. The summed E-state index contributed by atoms with van der Waals surface area (Å²) in [6, 6.07) is 4.68. The Bertz CT molecular complexity index is 698. The fraction of sp³-hybridized carbons (Fsp3) is 0.421. The van der Waals surface area contributed by atoms with Gasteiger partial charge in [-0.15, -0.1) is 0 Å². The van der Waals surface area contributed by atoms with Crippen LogP contribution in [0.2, 0.25) is 10.0 Å². The van der Waals surface area contributed by atoms with Gasteiger partial charge in [-0.3, -0.25) is 10.1 Å². The maximum absolute atomic E-state index is 12.1. The number of nitrogens with one attached hydrogen (secondary N) is 3. The third-order valence-corrected chi connectivity index (χ3v) is 4.53. The van der Waals surface area contributed by atoms with Gasteiger partial charge in [0.1, 0.15) is 12.3 Å². The molecule has 3 N–H and O–H groups in total. The van der Waals surface area contributed by atoms with E-state index in [0.29, 0.717) is 16.7 Å². The van der Waals surface area contributed by atoms with Gasteiger partial charge in [-0.25, -0.2) is 0 Å². The molecule has 0 heterocycles. The first-order chi connectivity index (χ1) is 13.3. The summed E-state index contributed by atoms with van der Waals surface area (Å²) in [5, 5.41) is 11.3. The second-order valence-electron chi connectivity index (χ2n) is 5.86. The number of likely N-dealkylation sites (N-methyl/N-ethyl adjacent to an activating group) is 3. The number of rotatable bonds is 11. The first-order valence-corrected chi connectivity index (χ1v) is 9.41. The van der Waals surface area contributed by atoms with Gasteiger partial charge in [-0.2, -0.15) is 5.06 Å². The number of hydrogen-bond donors (Lipinski definition) is 3. The summed E-state index contributed by atoms with van der Waals surface area (Å²) in [6.07, 6.45) is 5.06. The van der Waals surface area contributed by atoms with Crippen molar-refractivity contribution in [2.24, 2.45) is 0 Å². The van der Waals surface area contributed by atoms with Crippen LogP contribution in [0, 0.1) is 0 Å². The van der Waals surface area contributed by atoms with Crippen LogP contribution in [0.3, 0.4) is 0 Å². The first kappa shape index (κ1) is 24.4. The third kappa shape index (κ3) is 7.79. The maximum Gasteiger partial charge on any atom is 0.243 e. The molecule has 0 spiro atoms. The topological polar surface area (TPSA) is 74.9 Å². The van der Waals surface area contributed by atoms with Crippen molar-refractivity contribution >= 4 is 34.8 Å². The number of halogens is 2. The lowest BCUT2D eigenvalue weighted by atomic mass is 10.1. The average Bonchev–Trinajstić information content (AvgIpc) is 2.67. The van der Waals surface area contributed by atoms with Crippen molar-refractivity contribution in [3.8, 4) is 0 Å². The van der Waals surface area contributed by atoms with E-state index in [9.17, 15) is 4.79 Å². The lowest BCUT2D eigenvalue weighted by Gasteiger charge is -2.25. The molecule has 2 unspecified atom stereocenters. The molecule has 9 heteroatoms. The fourth-order valence-electron chi connectivity index (χ4n) is 2.36. The molecule has 1 amide bonds. The van der Waals surface area contributed by atoms with Crippen molar-refractivity contribution in [2.75, 3.05) is 40.2 Å². The first-order valence-electron chi connectivity index (χ1n) is 8.66. The Morgan fingerprint density at radius 3 is 2.61 bits per heavy atom. The van der Waals surface area contributed by atoms with Crippen molar-refractivity contribution in [1.82, 2.24) is 15.7 Å². The number of carbonyl (C=O) groups excluding carboxylic acids is 1. The molecule has 7 nitrogen and oxygen atoms in total. The number of anilines is 1. The van der Waals surface area contributed by atoms with Crippen LogP contribution < -0.4 is 16.0 Å². The van der Waals surface area contributed by atoms with Crippen molar-refractivity contribution in [1.29, 1.82) is 0 Å². The van der Waals surface area contributed by atoms with Crippen molar-refractivity contribution < 1.29 is 14.4 Å². The predicted octanol–water partition coefficient (Wildman–Crippen LogP) is 3.04. The summed E-state index contributed by atoms with van der Waals surface area (Å²) in [4.78, 5) is 17.2. The van der Waals surface area contributed by atoms with E-state index in [2.05, 4.69) is 16.0 Å². The maximum atomic E-state index is 12.1. The normalized spacial score (nSPS) is 14.4. The molecule has 0 radical (unpaired) electrons. The van der Waals surface area contributed by atoms with Gasteiger partial charge < -0.3 is 20.2 Å². The van der Waals surface area contributed by atoms with Crippen LogP contribution in [0.5, 0.6) is 0 Å². The van der Waals surface area contributed by atoms with E-state index in [4.69, 9.17) is 32.8 Å². The summed E-state index contributed by atoms with van der Waals surface area (Å²) in [5.74, 6) is -0.160. The molecule has 0 saturated carbocycles. The van der Waals surface area contributed by atoms with Crippen LogP contribution in [0.1, 0.15) is 6.92 Å². The molecule has 0 aliphatic carbocycles. The molecule has 156 valence electrons. The number of ether oxygens (including phenoxy) is 1. The number of carbonyl (C=O) groups is 1. The zero-order valence-electron chi connectivity index (χ0n) is 16.8. The van der Waals surface area contributed by atoms with Crippen LogP contribution in [0.15, 0.2) is 42.1 Å². The van der Waals surface area contributed by atoms with Crippen molar-refractivity contribution in [2.45, 2.75) is 19.2 Å². The van der Waals surface area contributed by atoms with Gasteiger partial charge >= 0.3 is 0 Å². The monoisotopic (exact) mass is 430 g/mol. The van der Waals surface area contributed by atoms with E-state index >= 15 is 0 Å². The summed E-state index contributed by atoms with van der Waals surface area (Å²) in [5.41, 5.74) is 1.55. The molecule has 0 aliphatic heterocycles. The van der Waals surface area contributed by atoms with Crippen LogP contribution >= 0.6 is 23.2 Å². The molecule has 28 heavy (non-hydrogen) atoms. The Balaban J connectivity index is 2.64. The van der Waals surface area contributed by atoms with Crippen LogP contribution in [0.25, 0.3) is 0 Å². The minimum Gasteiger partial charge on any atom is -0.361 e. The number of hydrogen-bond acceptors (Lipinski definition) is 6. The molecule has 1 rings (SSSR count). The van der Waals surface area contributed by atoms with E-state index in [1.54, 1.807) is 45.5 Å². The third-order valence-electron chi connectivity index (χ3n) is 3.98. The zero-order chi connectivity index (χ0) is 21.1. The summed E-state index contributed by atoms with van der Waals surface area (Å²) in [7, 11) is 6.59. The van der Waals surface area contributed by atoms with Crippen LogP contribution in [0.4, 0.5) is 5.69 Å². The molecular formula is C19H28Cl2N4O3. The Kier molecular flexibility index (Phi) is 11.1. The van der Waals surface area contributed by atoms with Crippen molar-refractivity contribution in [3.63, 3.8) is 0 Å². The highest BCUT2D eigenvalue weighted by Gasteiger charge is 2.24. The van der Waals surface area contributed by atoms with Crippen LogP contribution in [-0.4, -0.2) is 58.1 Å². The van der Waals surface area contributed by atoms with Gasteiger partial charge in [0.2, 0.25) is 5.91 Å². The van der Waals surface area contributed by atoms with E-state index in [1.165, 1.54) is 12.2 Å². The van der Waals surface area contributed by atoms with E-state index in [-0.39, 0.29) is 12.1 Å². The second-order valence-corrected chi connectivity index (χ2v) is 6.71. The molecular weight excluding hydrogens is 403 g/mol. The van der Waals surface area contributed by atoms with E-state index in [1.807, 2.05) is 19.1 Å². The largest absolute Gasteiger partial charge is 0.361 e. The lowest BCUT2D eigenvalue weighted by Crippen LogP contribution is -2.44. The smallest absolute Gasteiger partial charge is 0.243 e. The number of hydroxylamine groups is 2. The molecule has 0 bridgehead atoms. The van der Waals surface area contributed by atoms with Gasteiger partial charge in [0.05, 0.1) is 24.4 Å². The number of benzene rings is 1. The Morgan fingerprint density at radius 2 is 2.04 bits per heavy atom. The molecule has 2 atom stereocenters. The minimum atomic E-state index is -0.532. The number of amides is 1. The summed E-state index contributed by atoms with van der Waals surface area (Å²) in [6.45, 7) is 2.17. The highest BCUT2D eigenvalue weighted by Crippen LogP contribution is 2.25. The van der Waals surface area contributed by atoms with E-state index in [0.717, 1.165) is 11.3 Å². The molecule has 0 fully saturated rings. The van der Waals surface area contributed by atoms with E-state index < -0.39 is 6.04 Å². The molecule has 1 aromatic rings. The number of nitrogens with zero attached hydrogens (tertiary/aromatic N) is 1. The molecule has 0 aliphatic rings. The molecule has 1 aromatic carbocycles. The van der Waals surface area contributed by atoms with Gasteiger partial charge in [0.15, 0.2) is 0 Å². The summed E-state index contributed by atoms with van der Waals surface area (Å²) < 4.78 is 5.77. The second kappa shape index (κ2) is 12.8. The Morgan fingerprint density at radius 1 is 1.32 bits per heavy atom. The fourth-order valence-corrected chi connectivity index (χ4v) is 2.83. The average molecular weight is 431 g/mol. The Hall–Kier alpha value is -1.61. The molecule has 0 aromatic heterocycles. The van der Waals surface area contributed by atoms with Gasteiger partial charge in [-0.1, -0.05) is 29.3 Å².